The predicted molar refractivity (Wildman–Crippen MR) is 126 cm³/mol. The first-order valence-corrected chi connectivity index (χ1v) is 11.7. The number of hydrogen-bond acceptors (Lipinski definition) is 6. The first-order valence-electron chi connectivity index (χ1n) is 9.79. The Kier molecular flexibility index (Phi) is 5.83. The average molecular weight is 463 g/mol. The molecule has 32 heavy (non-hydrogen) atoms. The molecule has 0 aliphatic carbocycles. The van der Waals surface area contributed by atoms with Crippen LogP contribution in [-0.4, -0.2) is 18.4 Å². The van der Waals surface area contributed by atoms with Gasteiger partial charge in [-0.1, -0.05) is 29.8 Å². The van der Waals surface area contributed by atoms with Crippen LogP contribution in [0, 0.1) is 25.2 Å². The molecule has 1 N–H and O–H groups in total. The van der Waals surface area contributed by atoms with Crippen molar-refractivity contribution in [2.24, 2.45) is 0 Å². The first-order chi connectivity index (χ1) is 15.3. The van der Waals surface area contributed by atoms with Gasteiger partial charge in [-0.2, -0.15) is 5.26 Å². The summed E-state index contributed by atoms with van der Waals surface area (Å²) in [4.78, 5) is 9.13. The number of hydrogen-bond donors (Lipinski definition) is 1. The molecule has 6 nitrogen and oxygen atoms in total. The zero-order valence-electron chi connectivity index (χ0n) is 17.4. The van der Waals surface area contributed by atoms with Gasteiger partial charge in [0.2, 0.25) is 9.84 Å². The number of nitriles is 1. The third kappa shape index (κ3) is 4.15. The monoisotopic (exact) mass is 462 g/mol. The highest BCUT2D eigenvalue weighted by Crippen LogP contribution is 2.34. The standard InChI is InChI=1S/C24H19ClN4O2S/c1-15-7-10-18(13-16(15)2)27-24-23(28-20-5-3-4-6-21(20)29-24)22(14-26)32(30,31)19-11-8-17(25)9-12-19/h3-13,22H,1-2H3,(H,27,29)/t22-/m1/s1. The third-order valence-electron chi connectivity index (χ3n) is 5.19. The number of rotatable bonds is 5. The summed E-state index contributed by atoms with van der Waals surface area (Å²) in [6.45, 7) is 3.99. The molecule has 0 saturated carbocycles. The van der Waals surface area contributed by atoms with Crippen LogP contribution in [0.2, 0.25) is 5.02 Å². The zero-order valence-corrected chi connectivity index (χ0v) is 18.9. The van der Waals surface area contributed by atoms with E-state index < -0.39 is 15.1 Å². The predicted octanol–water partition coefficient (Wildman–Crippen LogP) is 5.68. The summed E-state index contributed by atoms with van der Waals surface area (Å²) in [6.07, 6.45) is 0. The van der Waals surface area contributed by atoms with Crippen LogP contribution in [-0.2, 0) is 9.84 Å². The van der Waals surface area contributed by atoms with Crippen molar-refractivity contribution >= 4 is 44.0 Å². The molecule has 0 aliphatic rings. The fourth-order valence-electron chi connectivity index (χ4n) is 3.28. The summed E-state index contributed by atoms with van der Waals surface area (Å²) in [6, 6.07) is 20.5. The molecule has 0 fully saturated rings. The number of aromatic nitrogens is 2. The number of para-hydroxylation sites is 2. The molecule has 0 amide bonds. The number of benzene rings is 3. The average Bonchev–Trinajstić information content (AvgIpc) is 2.77. The van der Waals surface area contributed by atoms with Crippen molar-refractivity contribution in [3.63, 3.8) is 0 Å². The Hall–Kier alpha value is -3.47. The summed E-state index contributed by atoms with van der Waals surface area (Å²) >= 11 is 5.90. The normalized spacial score (nSPS) is 12.3. The highest BCUT2D eigenvalue weighted by Gasteiger charge is 2.33. The second kappa shape index (κ2) is 8.58. The second-order valence-electron chi connectivity index (χ2n) is 7.38. The Morgan fingerprint density at radius 2 is 1.59 bits per heavy atom. The maximum Gasteiger partial charge on any atom is 0.200 e. The van der Waals surface area contributed by atoms with E-state index in [0.717, 1.165) is 16.8 Å². The number of anilines is 2. The molecule has 1 heterocycles. The van der Waals surface area contributed by atoms with E-state index in [0.29, 0.717) is 16.1 Å². The van der Waals surface area contributed by atoms with Gasteiger partial charge in [0, 0.05) is 10.7 Å². The molecule has 0 unspecified atom stereocenters. The SMILES string of the molecule is Cc1ccc(Nc2nc3ccccc3nc2[C@@H](C#N)S(=O)(=O)c2ccc(Cl)cc2)cc1C. The van der Waals surface area contributed by atoms with Crippen molar-refractivity contribution in [3.05, 3.63) is 88.6 Å². The molecule has 3 aromatic carbocycles. The minimum atomic E-state index is -4.08. The molecule has 0 radical (unpaired) electrons. The molecule has 0 saturated heterocycles. The van der Waals surface area contributed by atoms with E-state index in [1.807, 2.05) is 44.2 Å². The van der Waals surface area contributed by atoms with Gasteiger partial charge in [0.25, 0.3) is 0 Å². The van der Waals surface area contributed by atoms with Crippen molar-refractivity contribution in [2.75, 3.05) is 5.32 Å². The Balaban J connectivity index is 1.88. The minimum Gasteiger partial charge on any atom is -0.339 e. The Morgan fingerprint density at radius 3 is 2.22 bits per heavy atom. The number of nitrogens with zero attached hydrogens (tertiary/aromatic N) is 3. The van der Waals surface area contributed by atoms with Crippen LogP contribution in [0.15, 0.2) is 71.6 Å². The lowest BCUT2D eigenvalue weighted by Crippen LogP contribution is -2.16. The topological polar surface area (TPSA) is 95.7 Å². The van der Waals surface area contributed by atoms with Crippen molar-refractivity contribution in [1.29, 1.82) is 5.26 Å². The summed E-state index contributed by atoms with van der Waals surface area (Å²) in [5.41, 5.74) is 4.04. The molecule has 0 spiro atoms. The molecule has 8 heteroatoms. The quantitative estimate of drug-likeness (QED) is 0.409. The van der Waals surface area contributed by atoms with Crippen LogP contribution in [0.3, 0.4) is 0 Å². The molecular weight excluding hydrogens is 444 g/mol. The lowest BCUT2D eigenvalue weighted by Gasteiger charge is -2.16. The van der Waals surface area contributed by atoms with Crippen molar-refractivity contribution in [3.8, 4) is 6.07 Å². The lowest BCUT2D eigenvalue weighted by atomic mass is 10.1. The van der Waals surface area contributed by atoms with Crippen LogP contribution in [0.5, 0.6) is 0 Å². The zero-order chi connectivity index (χ0) is 22.9. The largest absolute Gasteiger partial charge is 0.339 e. The van der Waals surface area contributed by atoms with Gasteiger partial charge >= 0.3 is 0 Å². The number of halogens is 1. The number of aryl methyl sites for hydroxylation is 2. The van der Waals surface area contributed by atoms with Crippen LogP contribution < -0.4 is 5.32 Å². The van der Waals surface area contributed by atoms with Crippen LogP contribution in [0.1, 0.15) is 22.1 Å². The summed E-state index contributed by atoms with van der Waals surface area (Å²) in [5.74, 6) is 0.219. The second-order valence-corrected chi connectivity index (χ2v) is 9.85. The number of fused-ring (bicyclic) bond motifs is 1. The molecule has 160 valence electrons. The molecule has 1 aromatic heterocycles. The van der Waals surface area contributed by atoms with E-state index in [1.165, 1.54) is 24.3 Å². The van der Waals surface area contributed by atoms with E-state index in [9.17, 15) is 13.7 Å². The molecular formula is C24H19ClN4O2S. The maximum atomic E-state index is 13.4. The third-order valence-corrected chi connectivity index (χ3v) is 7.32. The fraction of sp³-hybridized carbons (Fsp3) is 0.125. The van der Waals surface area contributed by atoms with Crippen molar-refractivity contribution in [2.45, 2.75) is 24.0 Å². The van der Waals surface area contributed by atoms with Crippen LogP contribution in [0.25, 0.3) is 11.0 Å². The summed E-state index contributed by atoms with van der Waals surface area (Å²) in [7, 11) is -4.08. The van der Waals surface area contributed by atoms with Gasteiger partial charge in [0.1, 0.15) is 5.69 Å². The van der Waals surface area contributed by atoms with Gasteiger partial charge < -0.3 is 5.32 Å². The lowest BCUT2D eigenvalue weighted by molar-refractivity contribution is 0.590. The van der Waals surface area contributed by atoms with E-state index >= 15 is 0 Å². The van der Waals surface area contributed by atoms with Gasteiger partial charge in [0.15, 0.2) is 11.1 Å². The fourth-order valence-corrected chi connectivity index (χ4v) is 4.79. The smallest absolute Gasteiger partial charge is 0.200 e. The summed E-state index contributed by atoms with van der Waals surface area (Å²) in [5, 5.41) is 11.9. The molecule has 1 atom stereocenters. The highest BCUT2D eigenvalue weighted by molar-refractivity contribution is 7.92. The van der Waals surface area contributed by atoms with Gasteiger partial charge in [-0.15, -0.1) is 0 Å². The van der Waals surface area contributed by atoms with Crippen LogP contribution in [0.4, 0.5) is 11.5 Å². The minimum absolute atomic E-state index is 0.0134. The maximum absolute atomic E-state index is 13.4. The Morgan fingerprint density at radius 1 is 0.938 bits per heavy atom. The van der Waals surface area contributed by atoms with Gasteiger partial charge in [-0.05, 0) is 73.5 Å². The van der Waals surface area contributed by atoms with Gasteiger partial charge in [-0.3, -0.25) is 0 Å². The van der Waals surface area contributed by atoms with Crippen LogP contribution >= 0.6 is 11.6 Å². The molecule has 0 bridgehead atoms. The van der Waals surface area contributed by atoms with Crippen molar-refractivity contribution in [1.82, 2.24) is 9.97 Å². The van der Waals surface area contributed by atoms with Crippen molar-refractivity contribution < 1.29 is 8.42 Å². The van der Waals surface area contributed by atoms with E-state index in [4.69, 9.17) is 11.6 Å². The first kappa shape index (κ1) is 21.8. The number of nitrogens with one attached hydrogen (secondary N) is 1. The van der Waals surface area contributed by atoms with E-state index in [2.05, 4.69) is 15.3 Å². The van der Waals surface area contributed by atoms with E-state index in [-0.39, 0.29) is 16.4 Å². The Bertz CT molecular complexity index is 1460. The van der Waals surface area contributed by atoms with Gasteiger partial charge in [-0.25, -0.2) is 18.4 Å². The van der Waals surface area contributed by atoms with E-state index in [1.54, 1.807) is 18.2 Å². The molecule has 4 rings (SSSR count). The number of sulfone groups is 1. The summed E-state index contributed by atoms with van der Waals surface area (Å²) < 4.78 is 26.7. The van der Waals surface area contributed by atoms with Gasteiger partial charge in [0.05, 0.1) is 22.0 Å². The highest BCUT2D eigenvalue weighted by atomic mass is 35.5. The molecule has 4 aromatic rings. The Labute approximate surface area is 191 Å². The molecule has 0 aliphatic heterocycles.